The molecule has 0 amide bonds. The zero-order chi connectivity index (χ0) is 14.4. The number of hydrogen-bond donors (Lipinski definition) is 0. The molecule has 1 aromatic rings. The average Bonchev–Trinajstić information content (AvgIpc) is 2.70. The Bertz CT molecular complexity index is 413. The molecule has 0 fully saturated rings. The summed E-state index contributed by atoms with van der Waals surface area (Å²) in [6.45, 7) is 10.4. The van der Waals surface area contributed by atoms with Crippen molar-refractivity contribution in [3.8, 4) is 0 Å². The van der Waals surface area contributed by atoms with Gasteiger partial charge in [-0.05, 0) is 33.7 Å². The number of carbonyl (C=O) groups excluding carboxylic acids is 1. The van der Waals surface area contributed by atoms with Crippen molar-refractivity contribution in [3.63, 3.8) is 0 Å². The molecule has 1 aromatic heterocycles. The molecule has 0 radical (unpaired) electrons. The molecule has 0 atom stereocenters. The molecule has 1 heterocycles. The second kappa shape index (κ2) is 7.28. The highest BCUT2D eigenvalue weighted by atomic mass is 16.5. The first-order valence-electron chi connectivity index (χ1n) is 6.93. The highest BCUT2D eigenvalue weighted by molar-refractivity contribution is 5.90. The van der Waals surface area contributed by atoms with Crippen molar-refractivity contribution in [1.29, 1.82) is 0 Å². The summed E-state index contributed by atoms with van der Waals surface area (Å²) < 4.78 is 6.83. The number of carbonyl (C=O) groups is 1. The molecule has 5 heteroatoms. The molecule has 0 aromatic carbocycles. The van der Waals surface area contributed by atoms with Gasteiger partial charge in [-0.2, -0.15) is 5.10 Å². The van der Waals surface area contributed by atoms with Crippen LogP contribution in [0.25, 0.3) is 0 Å². The van der Waals surface area contributed by atoms with E-state index in [1.165, 1.54) is 0 Å². The minimum absolute atomic E-state index is 0.286. The van der Waals surface area contributed by atoms with E-state index in [2.05, 4.69) is 30.8 Å². The number of ether oxygens (including phenoxy) is 1. The molecule has 0 aliphatic heterocycles. The predicted octanol–water partition coefficient (Wildman–Crippen LogP) is 2.22. The Morgan fingerprint density at radius 1 is 1.47 bits per heavy atom. The van der Waals surface area contributed by atoms with E-state index in [1.807, 2.05) is 14.0 Å². The maximum absolute atomic E-state index is 11.9. The molecule has 0 N–H and O–H groups in total. The Morgan fingerprint density at radius 2 is 2.16 bits per heavy atom. The van der Waals surface area contributed by atoms with Gasteiger partial charge in [-0.1, -0.05) is 6.92 Å². The molecule has 0 unspecified atom stereocenters. The van der Waals surface area contributed by atoms with Crippen LogP contribution in [0.2, 0.25) is 0 Å². The fourth-order valence-corrected chi connectivity index (χ4v) is 2.03. The van der Waals surface area contributed by atoms with Crippen molar-refractivity contribution in [2.24, 2.45) is 7.05 Å². The lowest BCUT2D eigenvalue weighted by molar-refractivity contribution is 0.0523. The molecule has 108 valence electrons. The number of rotatable bonds is 7. The first kappa shape index (κ1) is 15.7. The highest BCUT2D eigenvalue weighted by Gasteiger charge is 2.20. The van der Waals surface area contributed by atoms with Gasteiger partial charge in [-0.15, -0.1) is 0 Å². The summed E-state index contributed by atoms with van der Waals surface area (Å²) in [4.78, 5) is 14.2. The second-order valence-corrected chi connectivity index (χ2v) is 4.91. The third-order valence-electron chi connectivity index (χ3n) is 3.15. The van der Waals surface area contributed by atoms with Gasteiger partial charge < -0.3 is 4.74 Å². The standard InChI is InChI=1S/C14H25N3O2/c1-6-8-17(11(3)4)10-13-12(9-15-16(13)5)14(18)19-7-2/h9,11H,6-8,10H2,1-5H3. The topological polar surface area (TPSA) is 47.4 Å². The van der Waals surface area contributed by atoms with Gasteiger partial charge in [0.2, 0.25) is 0 Å². The van der Waals surface area contributed by atoms with Gasteiger partial charge in [-0.3, -0.25) is 9.58 Å². The SMILES string of the molecule is CCCN(Cc1c(C(=O)OCC)cnn1C)C(C)C. The van der Waals surface area contributed by atoms with Crippen molar-refractivity contribution in [1.82, 2.24) is 14.7 Å². The van der Waals surface area contributed by atoms with Crippen LogP contribution in [0, 0.1) is 0 Å². The summed E-state index contributed by atoms with van der Waals surface area (Å²) in [6.07, 6.45) is 2.68. The molecule has 1 rings (SSSR count). The van der Waals surface area contributed by atoms with Crippen LogP contribution in [0.5, 0.6) is 0 Å². The van der Waals surface area contributed by atoms with Gasteiger partial charge in [0.1, 0.15) is 5.56 Å². The minimum atomic E-state index is -0.286. The third kappa shape index (κ3) is 4.06. The minimum Gasteiger partial charge on any atom is -0.462 e. The van der Waals surface area contributed by atoms with Gasteiger partial charge in [0.25, 0.3) is 0 Å². The van der Waals surface area contributed by atoms with Gasteiger partial charge in [-0.25, -0.2) is 4.79 Å². The quantitative estimate of drug-likeness (QED) is 0.711. The average molecular weight is 267 g/mol. The van der Waals surface area contributed by atoms with Crippen molar-refractivity contribution in [2.75, 3.05) is 13.2 Å². The van der Waals surface area contributed by atoms with Crippen LogP contribution in [0.4, 0.5) is 0 Å². The smallest absolute Gasteiger partial charge is 0.341 e. The van der Waals surface area contributed by atoms with Crippen LogP contribution in [0.15, 0.2) is 6.20 Å². The van der Waals surface area contributed by atoms with Crippen molar-refractivity contribution < 1.29 is 9.53 Å². The lowest BCUT2D eigenvalue weighted by atomic mass is 10.2. The maximum atomic E-state index is 11.9. The molecular formula is C14H25N3O2. The summed E-state index contributed by atoms with van der Waals surface area (Å²) in [5.41, 5.74) is 1.49. The van der Waals surface area contributed by atoms with Gasteiger partial charge in [0, 0.05) is 19.6 Å². The predicted molar refractivity (Wildman–Crippen MR) is 75.0 cm³/mol. The lowest BCUT2D eigenvalue weighted by Gasteiger charge is -2.26. The Labute approximate surface area is 115 Å². The number of nitrogens with zero attached hydrogens (tertiary/aromatic N) is 3. The Hall–Kier alpha value is -1.36. The summed E-state index contributed by atoms with van der Waals surface area (Å²) >= 11 is 0. The van der Waals surface area contributed by atoms with Crippen LogP contribution in [-0.2, 0) is 18.3 Å². The number of hydrogen-bond acceptors (Lipinski definition) is 4. The van der Waals surface area contributed by atoms with Gasteiger partial charge in [0.05, 0.1) is 18.5 Å². The molecule has 0 aliphatic carbocycles. The Kier molecular flexibility index (Phi) is 6.02. The van der Waals surface area contributed by atoms with E-state index >= 15 is 0 Å². The van der Waals surface area contributed by atoms with Gasteiger partial charge >= 0.3 is 5.97 Å². The molecular weight excluding hydrogens is 242 g/mol. The first-order valence-corrected chi connectivity index (χ1v) is 6.93. The fourth-order valence-electron chi connectivity index (χ4n) is 2.03. The zero-order valence-corrected chi connectivity index (χ0v) is 12.6. The molecule has 19 heavy (non-hydrogen) atoms. The van der Waals surface area contributed by atoms with E-state index in [0.29, 0.717) is 18.2 Å². The monoisotopic (exact) mass is 267 g/mol. The lowest BCUT2D eigenvalue weighted by Crippen LogP contribution is -2.32. The van der Waals surface area contributed by atoms with Crippen LogP contribution < -0.4 is 0 Å². The van der Waals surface area contributed by atoms with Crippen LogP contribution >= 0.6 is 0 Å². The molecule has 0 aliphatic rings. The molecule has 0 spiro atoms. The largest absolute Gasteiger partial charge is 0.462 e. The number of esters is 1. The molecule has 0 bridgehead atoms. The molecule has 0 saturated carbocycles. The van der Waals surface area contributed by atoms with E-state index in [0.717, 1.165) is 25.2 Å². The first-order chi connectivity index (χ1) is 9.01. The van der Waals surface area contributed by atoms with E-state index < -0.39 is 0 Å². The third-order valence-corrected chi connectivity index (χ3v) is 3.15. The summed E-state index contributed by atoms with van der Waals surface area (Å²) in [5.74, 6) is -0.286. The van der Waals surface area contributed by atoms with Crippen LogP contribution in [0.3, 0.4) is 0 Å². The molecule has 0 saturated heterocycles. The second-order valence-electron chi connectivity index (χ2n) is 4.91. The Balaban J connectivity index is 2.92. The van der Waals surface area contributed by atoms with Crippen LogP contribution in [0.1, 0.15) is 50.2 Å². The number of aryl methyl sites for hydroxylation is 1. The van der Waals surface area contributed by atoms with E-state index in [4.69, 9.17) is 4.74 Å². The van der Waals surface area contributed by atoms with Crippen LogP contribution in [-0.4, -0.2) is 39.8 Å². The normalized spacial score (nSPS) is 11.3. The maximum Gasteiger partial charge on any atom is 0.341 e. The Morgan fingerprint density at radius 3 is 2.68 bits per heavy atom. The molecule has 5 nitrogen and oxygen atoms in total. The van der Waals surface area contributed by atoms with Crippen molar-refractivity contribution >= 4 is 5.97 Å². The van der Waals surface area contributed by atoms with E-state index in [1.54, 1.807) is 10.9 Å². The zero-order valence-electron chi connectivity index (χ0n) is 12.6. The van der Waals surface area contributed by atoms with E-state index in [9.17, 15) is 4.79 Å². The van der Waals surface area contributed by atoms with E-state index in [-0.39, 0.29) is 5.97 Å². The summed E-state index contributed by atoms with van der Waals surface area (Å²) in [7, 11) is 1.86. The van der Waals surface area contributed by atoms with Crippen molar-refractivity contribution in [2.45, 2.75) is 46.7 Å². The number of aromatic nitrogens is 2. The van der Waals surface area contributed by atoms with Gasteiger partial charge in [0.15, 0.2) is 0 Å². The van der Waals surface area contributed by atoms with Crippen molar-refractivity contribution in [3.05, 3.63) is 17.5 Å². The highest BCUT2D eigenvalue weighted by Crippen LogP contribution is 2.14. The summed E-state index contributed by atoms with van der Waals surface area (Å²) in [5, 5.41) is 4.18. The summed E-state index contributed by atoms with van der Waals surface area (Å²) in [6, 6.07) is 0.435. The fraction of sp³-hybridized carbons (Fsp3) is 0.714.